The topological polar surface area (TPSA) is 50.3 Å². The predicted molar refractivity (Wildman–Crippen MR) is 105 cm³/mol. The average molecular weight is 346 g/mol. The van der Waals surface area contributed by atoms with Crippen LogP contribution < -0.4 is 15.0 Å². The van der Waals surface area contributed by atoms with Crippen molar-refractivity contribution in [3.63, 3.8) is 0 Å². The number of nitrogens with zero attached hydrogens (tertiary/aromatic N) is 3. The van der Waals surface area contributed by atoms with Crippen molar-refractivity contribution in [1.82, 2.24) is 15.3 Å². The third-order valence-corrected chi connectivity index (χ3v) is 4.57. The van der Waals surface area contributed by atoms with E-state index in [-0.39, 0.29) is 0 Å². The van der Waals surface area contributed by atoms with Crippen LogP contribution in [0.1, 0.15) is 0 Å². The van der Waals surface area contributed by atoms with Gasteiger partial charge in [-0.15, -0.1) is 0 Å². The lowest BCUT2D eigenvalue weighted by Crippen LogP contribution is -2.44. The fourth-order valence-corrected chi connectivity index (χ4v) is 3.12. The van der Waals surface area contributed by atoms with Crippen LogP contribution >= 0.6 is 0 Å². The molecule has 1 aromatic heterocycles. The number of hydrogen-bond acceptors (Lipinski definition) is 5. The quantitative estimate of drug-likeness (QED) is 0.786. The molecule has 0 spiro atoms. The number of methoxy groups -OCH3 is 1. The van der Waals surface area contributed by atoms with Crippen LogP contribution in [-0.4, -0.2) is 43.3 Å². The van der Waals surface area contributed by atoms with Gasteiger partial charge < -0.3 is 15.0 Å². The lowest BCUT2D eigenvalue weighted by atomic mass is 10.1. The lowest BCUT2D eigenvalue weighted by Gasteiger charge is -2.29. The van der Waals surface area contributed by atoms with Gasteiger partial charge in [-0.3, -0.25) is 0 Å². The maximum absolute atomic E-state index is 5.26. The molecule has 0 amide bonds. The van der Waals surface area contributed by atoms with Crippen LogP contribution in [0.4, 0.5) is 5.82 Å². The Balaban J connectivity index is 1.78. The summed E-state index contributed by atoms with van der Waals surface area (Å²) >= 11 is 0. The summed E-state index contributed by atoms with van der Waals surface area (Å²) in [5, 5.41) is 3.39. The first-order chi connectivity index (χ1) is 12.8. The molecule has 1 aliphatic heterocycles. The summed E-state index contributed by atoms with van der Waals surface area (Å²) in [7, 11) is 1.67. The van der Waals surface area contributed by atoms with E-state index in [9.17, 15) is 0 Å². The molecule has 0 unspecified atom stereocenters. The zero-order valence-electron chi connectivity index (χ0n) is 14.9. The summed E-state index contributed by atoms with van der Waals surface area (Å²) < 4.78 is 5.26. The Labute approximate surface area is 153 Å². The minimum absolute atomic E-state index is 0.738. The van der Waals surface area contributed by atoms with Crippen molar-refractivity contribution < 1.29 is 4.74 Å². The van der Waals surface area contributed by atoms with E-state index in [1.807, 2.05) is 42.5 Å². The Morgan fingerprint density at radius 3 is 2.31 bits per heavy atom. The molecule has 1 fully saturated rings. The maximum atomic E-state index is 5.26. The highest BCUT2D eigenvalue weighted by molar-refractivity contribution is 5.68. The van der Waals surface area contributed by atoms with Crippen LogP contribution in [0, 0.1) is 0 Å². The van der Waals surface area contributed by atoms with Gasteiger partial charge in [0.15, 0.2) is 5.82 Å². The third kappa shape index (κ3) is 3.53. The van der Waals surface area contributed by atoms with Crippen LogP contribution in [0.15, 0.2) is 60.7 Å². The molecule has 3 aromatic rings. The fourth-order valence-electron chi connectivity index (χ4n) is 3.12. The highest BCUT2D eigenvalue weighted by atomic mass is 16.5. The smallest absolute Gasteiger partial charge is 0.162 e. The van der Waals surface area contributed by atoms with E-state index in [1.54, 1.807) is 7.11 Å². The molecule has 1 aliphatic rings. The molecule has 5 nitrogen and oxygen atoms in total. The summed E-state index contributed by atoms with van der Waals surface area (Å²) in [5.74, 6) is 2.55. The molecule has 0 aliphatic carbocycles. The van der Waals surface area contributed by atoms with Crippen LogP contribution in [0.5, 0.6) is 5.75 Å². The lowest BCUT2D eigenvalue weighted by molar-refractivity contribution is 0.415. The maximum Gasteiger partial charge on any atom is 0.162 e. The van der Waals surface area contributed by atoms with Crippen molar-refractivity contribution >= 4 is 5.82 Å². The summed E-state index contributed by atoms with van der Waals surface area (Å²) in [5.41, 5.74) is 3.03. The van der Waals surface area contributed by atoms with Gasteiger partial charge in [-0.05, 0) is 24.3 Å². The Morgan fingerprint density at radius 2 is 1.62 bits per heavy atom. The highest BCUT2D eigenvalue weighted by Gasteiger charge is 2.16. The number of ether oxygens (including phenoxy) is 1. The number of benzene rings is 2. The van der Waals surface area contributed by atoms with Crippen molar-refractivity contribution in [2.45, 2.75) is 0 Å². The number of aromatic nitrogens is 2. The number of hydrogen-bond donors (Lipinski definition) is 1. The second-order valence-corrected chi connectivity index (χ2v) is 6.27. The molecule has 0 radical (unpaired) electrons. The van der Waals surface area contributed by atoms with Crippen LogP contribution in [0.3, 0.4) is 0 Å². The summed E-state index contributed by atoms with van der Waals surface area (Å²) in [6, 6.07) is 20.2. The van der Waals surface area contributed by atoms with Gasteiger partial charge in [0.05, 0.1) is 12.8 Å². The molecule has 5 heteroatoms. The fraction of sp³-hybridized carbons (Fsp3) is 0.238. The Morgan fingerprint density at radius 1 is 0.885 bits per heavy atom. The Hall–Kier alpha value is -2.92. The molecule has 0 atom stereocenters. The zero-order chi connectivity index (χ0) is 17.8. The third-order valence-electron chi connectivity index (χ3n) is 4.57. The van der Waals surface area contributed by atoms with E-state index in [1.165, 1.54) is 0 Å². The van der Waals surface area contributed by atoms with E-state index in [0.717, 1.165) is 60.4 Å². The van der Waals surface area contributed by atoms with Gasteiger partial charge in [-0.25, -0.2) is 9.97 Å². The molecule has 26 heavy (non-hydrogen) atoms. The van der Waals surface area contributed by atoms with Crippen molar-refractivity contribution in [2.24, 2.45) is 0 Å². The zero-order valence-corrected chi connectivity index (χ0v) is 14.9. The second kappa shape index (κ2) is 7.54. The van der Waals surface area contributed by atoms with Gasteiger partial charge >= 0.3 is 0 Å². The second-order valence-electron chi connectivity index (χ2n) is 6.27. The van der Waals surface area contributed by atoms with Gasteiger partial charge in [0.1, 0.15) is 11.6 Å². The number of anilines is 1. The molecule has 1 N–H and O–H groups in total. The molecule has 0 saturated carbocycles. The first kappa shape index (κ1) is 16.5. The van der Waals surface area contributed by atoms with Crippen molar-refractivity contribution in [3.8, 4) is 28.4 Å². The van der Waals surface area contributed by atoms with Gasteiger partial charge in [0, 0.05) is 43.4 Å². The van der Waals surface area contributed by atoms with E-state index >= 15 is 0 Å². The van der Waals surface area contributed by atoms with Crippen LogP contribution in [0.25, 0.3) is 22.6 Å². The monoisotopic (exact) mass is 346 g/mol. The molecular formula is C21H22N4O. The molecule has 132 valence electrons. The summed E-state index contributed by atoms with van der Waals surface area (Å²) in [4.78, 5) is 12.0. The minimum atomic E-state index is 0.738. The Kier molecular flexibility index (Phi) is 4.80. The van der Waals surface area contributed by atoms with Crippen LogP contribution in [-0.2, 0) is 0 Å². The standard InChI is InChI=1S/C21H22N4O/c1-26-18-9-7-17(8-10-18)21-23-19(16-5-3-2-4-6-16)15-20(24-21)25-13-11-22-12-14-25/h2-10,15,22H,11-14H2,1H3. The van der Waals surface area contributed by atoms with E-state index < -0.39 is 0 Å². The minimum Gasteiger partial charge on any atom is -0.497 e. The van der Waals surface area contributed by atoms with E-state index in [0.29, 0.717) is 0 Å². The SMILES string of the molecule is COc1ccc(-c2nc(-c3ccccc3)cc(N3CCNCC3)n2)cc1. The molecule has 2 heterocycles. The van der Waals surface area contributed by atoms with Crippen molar-refractivity contribution in [3.05, 3.63) is 60.7 Å². The number of nitrogens with one attached hydrogen (secondary N) is 1. The first-order valence-corrected chi connectivity index (χ1v) is 8.88. The predicted octanol–water partition coefficient (Wildman–Crippen LogP) is 3.23. The molecular weight excluding hydrogens is 324 g/mol. The molecule has 4 rings (SSSR count). The summed E-state index contributed by atoms with van der Waals surface area (Å²) in [6.45, 7) is 3.85. The van der Waals surface area contributed by atoms with Crippen molar-refractivity contribution in [1.29, 1.82) is 0 Å². The number of piperazine rings is 1. The molecule has 1 saturated heterocycles. The van der Waals surface area contributed by atoms with Gasteiger partial charge in [-0.1, -0.05) is 30.3 Å². The van der Waals surface area contributed by atoms with Crippen LogP contribution in [0.2, 0.25) is 0 Å². The average Bonchev–Trinajstić information content (AvgIpc) is 2.75. The van der Waals surface area contributed by atoms with Gasteiger partial charge in [0.2, 0.25) is 0 Å². The van der Waals surface area contributed by atoms with Gasteiger partial charge in [-0.2, -0.15) is 0 Å². The summed E-state index contributed by atoms with van der Waals surface area (Å²) in [6.07, 6.45) is 0. The normalized spacial score (nSPS) is 14.3. The van der Waals surface area contributed by atoms with E-state index in [4.69, 9.17) is 14.7 Å². The highest BCUT2D eigenvalue weighted by Crippen LogP contribution is 2.27. The van der Waals surface area contributed by atoms with Crippen molar-refractivity contribution in [2.75, 3.05) is 38.2 Å². The first-order valence-electron chi connectivity index (χ1n) is 8.88. The molecule has 2 aromatic carbocycles. The van der Waals surface area contributed by atoms with E-state index in [2.05, 4.69) is 28.4 Å². The Bertz CT molecular complexity index is 859. The largest absolute Gasteiger partial charge is 0.497 e. The van der Waals surface area contributed by atoms with Gasteiger partial charge in [0.25, 0.3) is 0 Å². The molecule has 0 bridgehead atoms. The number of rotatable bonds is 4.